The van der Waals surface area contributed by atoms with E-state index in [0.717, 1.165) is 13.1 Å². The Kier molecular flexibility index (Phi) is 4.84. The Morgan fingerprint density at radius 3 is 2.71 bits per heavy atom. The zero-order valence-corrected chi connectivity index (χ0v) is 14.5. The fourth-order valence-corrected chi connectivity index (χ4v) is 4.30. The van der Waals surface area contributed by atoms with Crippen LogP contribution in [0.25, 0.3) is 0 Å². The van der Waals surface area contributed by atoms with Gasteiger partial charge in [-0.1, -0.05) is 42.5 Å². The Hall–Kier alpha value is -1.80. The molecule has 4 rings (SSSR count). The number of anilines is 1. The van der Waals surface area contributed by atoms with E-state index in [9.17, 15) is 0 Å². The molecular weight excluding hydrogens is 292 g/mol. The second kappa shape index (κ2) is 7.40. The van der Waals surface area contributed by atoms with Crippen molar-refractivity contribution in [3.05, 3.63) is 65.2 Å². The molecule has 0 amide bonds. The predicted molar refractivity (Wildman–Crippen MR) is 101 cm³/mol. The largest absolute Gasteiger partial charge is 0.381 e. The zero-order chi connectivity index (χ0) is 16.2. The summed E-state index contributed by atoms with van der Waals surface area (Å²) in [6, 6.07) is 18.3. The Morgan fingerprint density at radius 2 is 1.79 bits per heavy atom. The molecule has 1 fully saturated rings. The summed E-state index contributed by atoms with van der Waals surface area (Å²) in [6.07, 6.45) is 7.78. The minimum absolute atomic E-state index is 0.580. The van der Waals surface area contributed by atoms with Crippen molar-refractivity contribution in [2.75, 3.05) is 18.4 Å². The Bertz CT molecular complexity index is 665. The van der Waals surface area contributed by atoms with Crippen LogP contribution in [0.2, 0.25) is 0 Å². The van der Waals surface area contributed by atoms with Gasteiger partial charge in [-0.15, -0.1) is 0 Å². The molecule has 0 radical (unpaired) electrons. The van der Waals surface area contributed by atoms with Gasteiger partial charge < -0.3 is 5.32 Å². The summed E-state index contributed by atoms with van der Waals surface area (Å²) in [4.78, 5) is 2.60. The predicted octanol–water partition coefficient (Wildman–Crippen LogP) is 4.64. The molecule has 1 aliphatic carbocycles. The molecule has 126 valence electrons. The minimum Gasteiger partial charge on any atom is -0.381 e. The lowest BCUT2D eigenvalue weighted by Gasteiger charge is -2.34. The van der Waals surface area contributed by atoms with Gasteiger partial charge in [-0.2, -0.15) is 0 Å². The SMILES string of the molecule is c1ccc(CN2CCCC(Nc3cccc4c3CCCC4)C2)cc1. The van der Waals surface area contributed by atoms with Crippen LogP contribution in [-0.2, 0) is 19.4 Å². The summed E-state index contributed by atoms with van der Waals surface area (Å²) in [5.74, 6) is 0. The zero-order valence-electron chi connectivity index (χ0n) is 14.5. The first-order valence-electron chi connectivity index (χ1n) is 9.52. The number of fused-ring (bicyclic) bond motifs is 1. The van der Waals surface area contributed by atoms with Crippen molar-refractivity contribution in [1.82, 2.24) is 4.90 Å². The maximum atomic E-state index is 3.88. The van der Waals surface area contributed by atoms with Crippen molar-refractivity contribution in [3.63, 3.8) is 0 Å². The lowest BCUT2D eigenvalue weighted by molar-refractivity contribution is 0.208. The van der Waals surface area contributed by atoms with E-state index >= 15 is 0 Å². The molecule has 0 bridgehead atoms. The molecule has 0 saturated carbocycles. The van der Waals surface area contributed by atoms with Crippen LogP contribution in [0.3, 0.4) is 0 Å². The van der Waals surface area contributed by atoms with Gasteiger partial charge in [0.15, 0.2) is 0 Å². The van der Waals surface area contributed by atoms with E-state index in [2.05, 4.69) is 58.7 Å². The van der Waals surface area contributed by atoms with Crippen LogP contribution in [0, 0.1) is 0 Å². The number of aryl methyl sites for hydroxylation is 1. The number of nitrogens with one attached hydrogen (secondary N) is 1. The third-order valence-corrected chi connectivity index (χ3v) is 5.51. The van der Waals surface area contributed by atoms with Gasteiger partial charge in [0.05, 0.1) is 0 Å². The minimum atomic E-state index is 0.580. The van der Waals surface area contributed by atoms with E-state index < -0.39 is 0 Å². The van der Waals surface area contributed by atoms with Crippen LogP contribution in [0.1, 0.15) is 42.4 Å². The molecule has 0 aromatic heterocycles. The average molecular weight is 320 g/mol. The topological polar surface area (TPSA) is 15.3 Å². The molecule has 24 heavy (non-hydrogen) atoms. The van der Waals surface area contributed by atoms with E-state index in [1.54, 1.807) is 11.1 Å². The molecule has 2 nitrogen and oxygen atoms in total. The summed E-state index contributed by atoms with van der Waals surface area (Å²) in [5, 5.41) is 3.88. The first-order chi connectivity index (χ1) is 11.9. The van der Waals surface area contributed by atoms with Crippen LogP contribution in [-0.4, -0.2) is 24.0 Å². The Labute approximate surface area is 145 Å². The van der Waals surface area contributed by atoms with Crippen molar-refractivity contribution in [3.8, 4) is 0 Å². The van der Waals surface area contributed by atoms with Crippen molar-refractivity contribution in [1.29, 1.82) is 0 Å². The molecule has 1 atom stereocenters. The first kappa shape index (κ1) is 15.7. The van der Waals surface area contributed by atoms with Crippen LogP contribution >= 0.6 is 0 Å². The van der Waals surface area contributed by atoms with Gasteiger partial charge in [0.2, 0.25) is 0 Å². The van der Waals surface area contributed by atoms with Gasteiger partial charge in [-0.25, -0.2) is 0 Å². The van der Waals surface area contributed by atoms with Gasteiger partial charge in [-0.05, 0) is 67.8 Å². The second-order valence-corrected chi connectivity index (χ2v) is 7.35. The number of rotatable bonds is 4. The van der Waals surface area contributed by atoms with Crippen molar-refractivity contribution < 1.29 is 0 Å². The summed E-state index contributed by atoms with van der Waals surface area (Å²) in [7, 11) is 0. The number of hydrogen-bond acceptors (Lipinski definition) is 2. The lowest BCUT2D eigenvalue weighted by Crippen LogP contribution is -2.41. The summed E-state index contributed by atoms with van der Waals surface area (Å²) < 4.78 is 0. The van der Waals surface area contributed by atoms with E-state index in [-0.39, 0.29) is 0 Å². The Morgan fingerprint density at radius 1 is 0.917 bits per heavy atom. The quantitative estimate of drug-likeness (QED) is 0.882. The highest BCUT2D eigenvalue weighted by Gasteiger charge is 2.21. The fourth-order valence-electron chi connectivity index (χ4n) is 4.30. The normalized spacial score (nSPS) is 21.2. The highest BCUT2D eigenvalue weighted by Crippen LogP contribution is 2.29. The lowest BCUT2D eigenvalue weighted by atomic mass is 9.90. The van der Waals surface area contributed by atoms with E-state index in [4.69, 9.17) is 0 Å². The molecule has 1 heterocycles. The molecule has 1 aliphatic heterocycles. The van der Waals surface area contributed by atoms with Crippen LogP contribution < -0.4 is 5.32 Å². The molecule has 1 saturated heterocycles. The summed E-state index contributed by atoms with van der Waals surface area (Å²) >= 11 is 0. The Balaban J connectivity index is 1.42. The maximum absolute atomic E-state index is 3.88. The molecule has 2 aromatic rings. The first-order valence-corrected chi connectivity index (χ1v) is 9.52. The monoisotopic (exact) mass is 320 g/mol. The molecule has 1 unspecified atom stereocenters. The number of piperidine rings is 1. The third-order valence-electron chi connectivity index (χ3n) is 5.51. The van der Waals surface area contributed by atoms with Crippen molar-refractivity contribution >= 4 is 5.69 Å². The molecule has 2 aromatic carbocycles. The van der Waals surface area contributed by atoms with Gasteiger partial charge >= 0.3 is 0 Å². The average Bonchev–Trinajstić information content (AvgIpc) is 2.63. The van der Waals surface area contributed by atoms with Gasteiger partial charge in [0.25, 0.3) is 0 Å². The van der Waals surface area contributed by atoms with E-state index in [0.29, 0.717) is 6.04 Å². The third kappa shape index (κ3) is 3.64. The molecule has 0 spiro atoms. The smallest absolute Gasteiger partial charge is 0.0389 e. The van der Waals surface area contributed by atoms with Gasteiger partial charge in [0, 0.05) is 24.8 Å². The highest BCUT2D eigenvalue weighted by molar-refractivity contribution is 5.56. The number of likely N-dealkylation sites (tertiary alicyclic amines) is 1. The number of nitrogens with zero attached hydrogens (tertiary/aromatic N) is 1. The second-order valence-electron chi connectivity index (χ2n) is 7.35. The van der Waals surface area contributed by atoms with Crippen molar-refractivity contribution in [2.24, 2.45) is 0 Å². The molecular formula is C22H28N2. The van der Waals surface area contributed by atoms with Crippen LogP contribution in [0.4, 0.5) is 5.69 Å². The summed E-state index contributed by atoms with van der Waals surface area (Å²) in [5.41, 5.74) is 5.99. The van der Waals surface area contributed by atoms with Gasteiger partial charge in [0.1, 0.15) is 0 Å². The van der Waals surface area contributed by atoms with E-state index in [1.165, 1.54) is 56.3 Å². The summed E-state index contributed by atoms with van der Waals surface area (Å²) in [6.45, 7) is 3.45. The van der Waals surface area contributed by atoms with Crippen LogP contribution in [0.5, 0.6) is 0 Å². The fraction of sp³-hybridized carbons (Fsp3) is 0.455. The highest BCUT2D eigenvalue weighted by atomic mass is 15.2. The molecule has 2 aliphatic rings. The number of hydrogen-bond donors (Lipinski definition) is 1. The molecule has 1 N–H and O–H groups in total. The maximum Gasteiger partial charge on any atom is 0.0389 e. The standard InChI is InChI=1S/C22H28N2/c1-2-8-18(9-3-1)16-24-15-7-12-20(17-24)23-22-14-6-11-19-10-4-5-13-21(19)22/h1-3,6,8-9,11,14,20,23H,4-5,7,10,12-13,15-17H2. The van der Waals surface area contributed by atoms with Crippen LogP contribution in [0.15, 0.2) is 48.5 Å². The molecule has 2 heteroatoms. The van der Waals surface area contributed by atoms with Gasteiger partial charge in [-0.3, -0.25) is 4.90 Å². The van der Waals surface area contributed by atoms with Crippen molar-refractivity contribution in [2.45, 2.75) is 51.1 Å². The number of benzene rings is 2. The van der Waals surface area contributed by atoms with E-state index in [1.807, 2.05) is 0 Å².